The third-order valence-electron chi connectivity index (χ3n) is 4.12. The maximum Gasteiger partial charge on any atom is 0.335 e. The second-order valence-electron chi connectivity index (χ2n) is 5.57. The van der Waals surface area contributed by atoms with Crippen LogP contribution in [-0.2, 0) is 0 Å². The van der Waals surface area contributed by atoms with E-state index in [1.54, 1.807) is 19.2 Å². The number of aromatic nitrogens is 1. The predicted octanol–water partition coefficient (Wildman–Crippen LogP) is 4.80. The van der Waals surface area contributed by atoms with Crippen molar-refractivity contribution >= 4 is 17.5 Å². The number of carbonyl (C=O) groups is 1. The molecule has 0 spiro atoms. The minimum absolute atomic E-state index is 0.274. The molecule has 0 aliphatic rings. The lowest BCUT2D eigenvalue weighted by atomic mass is 9.99. The van der Waals surface area contributed by atoms with E-state index in [0.29, 0.717) is 0 Å². The number of ether oxygens (including phenoxy) is 1. The number of hydrogen-bond acceptors (Lipinski definition) is 4. The van der Waals surface area contributed by atoms with E-state index in [0.717, 1.165) is 38.4 Å². The summed E-state index contributed by atoms with van der Waals surface area (Å²) in [5, 5.41) is 9.03. The van der Waals surface area contributed by atoms with E-state index < -0.39 is 5.97 Å². The van der Waals surface area contributed by atoms with Crippen LogP contribution in [-0.4, -0.2) is 22.6 Å². The first-order valence-electron chi connectivity index (χ1n) is 7.45. The van der Waals surface area contributed by atoms with E-state index in [2.05, 4.69) is 17.4 Å². The molecular weight excluding hydrogens is 322 g/mol. The minimum atomic E-state index is -0.927. The van der Waals surface area contributed by atoms with Gasteiger partial charge in [-0.05, 0) is 65.8 Å². The van der Waals surface area contributed by atoms with E-state index in [9.17, 15) is 4.79 Å². The van der Waals surface area contributed by atoms with Crippen LogP contribution in [0.15, 0.2) is 42.6 Å². The average molecular weight is 339 g/mol. The maximum atomic E-state index is 11.0. The fourth-order valence-electron chi connectivity index (χ4n) is 2.62. The van der Waals surface area contributed by atoms with Crippen molar-refractivity contribution in [1.82, 2.24) is 4.37 Å². The Hall–Kier alpha value is -2.66. The summed E-state index contributed by atoms with van der Waals surface area (Å²) in [4.78, 5) is 12.0. The fraction of sp³-hybridized carbons (Fsp3) is 0.158. The van der Waals surface area contributed by atoms with Gasteiger partial charge in [0.05, 0.1) is 17.6 Å². The number of carboxylic acids is 1. The van der Waals surface area contributed by atoms with Crippen molar-refractivity contribution in [2.75, 3.05) is 7.11 Å². The number of carboxylic acid groups (broad SMARTS) is 1. The Labute approximate surface area is 144 Å². The van der Waals surface area contributed by atoms with Gasteiger partial charge < -0.3 is 9.84 Å². The van der Waals surface area contributed by atoms with Crippen LogP contribution >= 0.6 is 11.5 Å². The molecule has 1 aromatic heterocycles. The quantitative estimate of drug-likeness (QED) is 0.741. The SMILES string of the molecule is COc1cc(-c2sncc2-c2ccc(C(=O)O)cc2)cc(C)c1C. The molecule has 0 saturated carbocycles. The number of nitrogens with zero attached hydrogens (tertiary/aromatic N) is 1. The van der Waals surface area contributed by atoms with Gasteiger partial charge in [0.15, 0.2) is 0 Å². The van der Waals surface area contributed by atoms with Crippen LogP contribution in [0.3, 0.4) is 0 Å². The lowest BCUT2D eigenvalue weighted by Crippen LogP contribution is -1.95. The van der Waals surface area contributed by atoms with Crippen molar-refractivity contribution in [2.45, 2.75) is 13.8 Å². The third kappa shape index (κ3) is 2.90. The Kier molecular flexibility index (Phi) is 4.36. The zero-order valence-electron chi connectivity index (χ0n) is 13.7. The van der Waals surface area contributed by atoms with Gasteiger partial charge in [-0.15, -0.1) is 0 Å². The van der Waals surface area contributed by atoms with Gasteiger partial charge in [-0.25, -0.2) is 4.79 Å². The molecule has 4 nitrogen and oxygen atoms in total. The molecule has 3 rings (SSSR count). The summed E-state index contributed by atoms with van der Waals surface area (Å²) >= 11 is 1.42. The zero-order valence-corrected chi connectivity index (χ0v) is 14.5. The smallest absolute Gasteiger partial charge is 0.335 e. The molecule has 24 heavy (non-hydrogen) atoms. The fourth-order valence-corrected chi connectivity index (χ4v) is 3.37. The van der Waals surface area contributed by atoms with Gasteiger partial charge in [0.1, 0.15) is 5.75 Å². The summed E-state index contributed by atoms with van der Waals surface area (Å²) in [5.41, 5.74) is 5.54. The molecule has 0 radical (unpaired) electrons. The van der Waals surface area contributed by atoms with E-state index in [-0.39, 0.29) is 5.56 Å². The Bertz CT molecular complexity index is 897. The lowest BCUT2D eigenvalue weighted by molar-refractivity contribution is 0.0697. The van der Waals surface area contributed by atoms with Gasteiger partial charge in [0, 0.05) is 11.8 Å². The summed E-state index contributed by atoms with van der Waals surface area (Å²) in [6.07, 6.45) is 1.82. The standard InChI is InChI=1S/C19H17NO3S/c1-11-8-15(9-17(23-3)12(11)2)18-16(10-20-24-18)13-4-6-14(7-5-13)19(21)22/h4-10H,1-3H3,(H,21,22). The van der Waals surface area contributed by atoms with Gasteiger partial charge in [-0.3, -0.25) is 0 Å². The largest absolute Gasteiger partial charge is 0.496 e. The summed E-state index contributed by atoms with van der Waals surface area (Å²) in [7, 11) is 1.67. The number of aryl methyl sites for hydroxylation is 1. The van der Waals surface area contributed by atoms with Gasteiger partial charge in [0.2, 0.25) is 0 Å². The van der Waals surface area contributed by atoms with Crippen LogP contribution in [0.5, 0.6) is 5.75 Å². The summed E-state index contributed by atoms with van der Waals surface area (Å²) in [6, 6.07) is 11.0. The third-order valence-corrected chi connectivity index (χ3v) is 4.96. The minimum Gasteiger partial charge on any atom is -0.496 e. The highest BCUT2D eigenvalue weighted by atomic mass is 32.1. The molecule has 1 heterocycles. The van der Waals surface area contributed by atoms with Crippen LogP contribution in [0.25, 0.3) is 21.6 Å². The van der Waals surface area contributed by atoms with Gasteiger partial charge in [-0.2, -0.15) is 4.37 Å². The molecular formula is C19H17NO3S. The van der Waals surface area contributed by atoms with Gasteiger partial charge in [-0.1, -0.05) is 18.2 Å². The molecule has 0 atom stereocenters. The Morgan fingerprint density at radius 3 is 2.46 bits per heavy atom. The molecule has 0 bridgehead atoms. The molecule has 5 heteroatoms. The first-order chi connectivity index (χ1) is 11.5. The van der Waals surface area contributed by atoms with Crippen LogP contribution < -0.4 is 4.74 Å². The van der Waals surface area contributed by atoms with Crippen molar-refractivity contribution in [3.63, 3.8) is 0 Å². The molecule has 0 unspecified atom stereocenters. The molecule has 0 fully saturated rings. The van der Waals surface area contributed by atoms with Crippen molar-refractivity contribution < 1.29 is 14.6 Å². The van der Waals surface area contributed by atoms with E-state index >= 15 is 0 Å². The van der Waals surface area contributed by atoms with E-state index in [1.165, 1.54) is 11.5 Å². The molecule has 2 aromatic carbocycles. The summed E-state index contributed by atoms with van der Waals surface area (Å²) < 4.78 is 9.80. The second kappa shape index (κ2) is 6.45. The van der Waals surface area contributed by atoms with Crippen LogP contribution in [0, 0.1) is 13.8 Å². The van der Waals surface area contributed by atoms with Gasteiger partial charge in [0.25, 0.3) is 0 Å². The molecule has 0 saturated heterocycles. The normalized spacial score (nSPS) is 10.6. The highest BCUT2D eigenvalue weighted by molar-refractivity contribution is 7.10. The summed E-state index contributed by atoms with van der Waals surface area (Å²) in [5.74, 6) is -0.0744. The molecule has 3 aromatic rings. The monoisotopic (exact) mass is 339 g/mol. The Balaban J connectivity index is 2.08. The first-order valence-corrected chi connectivity index (χ1v) is 8.22. The zero-order chi connectivity index (χ0) is 17.3. The van der Waals surface area contributed by atoms with Crippen molar-refractivity contribution in [2.24, 2.45) is 0 Å². The molecule has 122 valence electrons. The van der Waals surface area contributed by atoms with Crippen molar-refractivity contribution in [3.05, 3.63) is 59.3 Å². The summed E-state index contributed by atoms with van der Waals surface area (Å²) in [6.45, 7) is 4.10. The second-order valence-corrected chi connectivity index (χ2v) is 6.37. The van der Waals surface area contributed by atoms with Crippen LogP contribution in [0.1, 0.15) is 21.5 Å². The molecule has 1 N–H and O–H groups in total. The Morgan fingerprint density at radius 1 is 1.12 bits per heavy atom. The van der Waals surface area contributed by atoms with Crippen molar-refractivity contribution in [3.8, 4) is 27.3 Å². The van der Waals surface area contributed by atoms with Crippen LogP contribution in [0.2, 0.25) is 0 Å². The lowest BCUT2D eigenvalue weighted by Gasteiger charge is -2.11. The van der Waals surface area contributed by atoms with E-state index in [4.69, 9.17) is 9.84 Å². The van der Waals surface area contributed by atoms with E-state index in [1.807, 2.05) is 31.3 Å². The van der Waals surface area contributed by atoms with Crippen molar-refractivity contribution in [1.29, 1.82) is 0 Å². The number of aromatic carboxylic acids is 1. The maximum absolute atomic E-state index is 11.0. The molecule has 0 amide bonds. The first kappa shape index (κ1) is 16.2. The number of rotatable bonds is 4. The van der Waals surface area contributed by atoms with Crippen LogP contribution in [0.4, 0.5) is 0 Å². The number of hydrogen-bond donors (Lipinski definition) is 1. The topological polar surface area (TPSA) is 59.4 Å². The highest BCUT2D eigenvalue weighted by Crippen LogP contribution is 2.38. The average Bonchev–Trinajstić information content (AvgIpc) is 3.07. The number of methoxy groups -OCH3 is 1. The highest BCUT2D eigenvalue weighted by Gasteiger charge is 2.14. The molecule has 0 aliphatic carbocycles. The Morgan fingerprint density at radius 2 is 1.83 bits per heavy atom. The number of benzene rings is 2. The van der Waals surface area contributed by atoms with Gasteiger partial charge >= 0.3 is 5.97 Å². The molecule has 0 aliphatic heterocycles. The predicted molar refractivity (Wildman–Crippen MR) is 96.0 cm³/mol.